The molecule has 2 aliphatic rings. The van der Waals surface area contributed by atoms with Crippen LogP contribution < -0.4 is 11.1 Å². The molecule has 20 heavy (non-hydrogen) atoms. The predicted octanol–water partition coefficient (Wildman–Crippen LogP) is 0.949. The summed E-state index contributed by atoms with van der Waals surface area (Å²) in [4.78, 5) is 18.8. The maximum atomic E-state index is 12.1. The number of carbonyl (C=O) groups excluding carboxylic acids is 1. The lowest BCUT2D eigenvalue weighted by Crippen LogP contribution is -2.47. The summed E-state index contributed by atoms with van der Waals surface area (Å²) in [5.74, 6) is 0.0692. The van der Waals surface area contributed by atoms with E-state index in [4.69, 9.17) is 5.73 Å². The van der Waals surface area contributed by atoms with Gasteiger partial charge in [0.2, 0.25) is 5.91 Å². The zero-order chi connectivity index (χ0) is 13.9. The third-order valence-electron chi connectivity index (χ3n) is 4.39. The number of anilines is 1. The Labute approximate surface area is 119 Å². The number of hydrogen-bond donors (Lipinski definition) is 2. The summed E-state index contributed by atoms with van der Waals surface area (Å²) < 4.78 is 0. The summed E-state index contributed by atoms with van der Waals surface area (Å²) in [5, 5.41) is 3.19. The van der Waals surface area contributed by atoms with Crippen LogP contribution in [0, 0.1) is 0 Å². The van der Waals surface area contributed by atoms with Gasteiger partial charge in [0.1, 0.15) is 0 Å². The van der Waals surface area contributed by atoms with E-state index in [0.717, 1.165) is 18.7 Å². The normalized spacial score (nSPS) is 26.2. The van der Waals surface area contributed by atoms with Gasteiger partial charge in [0.15, 0.2) is 0 Å². The second-order valence-corrected chi connectivity index (χ2v) is 5.82. The van der Waals surface area contributed by atoms with Crippen LogP contribution in [0.1, 0.15) is 31.4 Å². The molecule has 2 saturated heterocycles. The molecule has 0 aliphatic carbocycles. The summed E-state index contributed by atoms with van der Waals surface area (Å²) in [6, 6.07) is 4.47. The molecular weight excluding hydrogens is 252 g/mol. The van der Waals surface area contributed by atoms with Crippen LogP contribution in [-0.2, 0) is 11.2 Å². The molecule has 0 radical (unpaired) electrons. The second-order valence-electron chi connectivity index (χ2n) is 5.82. The molecule has 1 amide bonds. The Kier molecular flexibility index (Phi) is 3.87. The fraction of sp³-hybridized carbons (Fsp3) is 0.600. The maximum Gasteiger partial charge on any atom is 0.226 e. The van der Waals surface area contributed by atoms with Crippen LogP contribution in [0.15, 0.2) is 18.3 Å². The Morgan fingerprint density at radius 1 is 1.35 bits per heavy atom. The molecule has 5 nitrogen and oxygen atoms in total. The average molecular weight is 274 g/mol. The molecule has 1 aromatic rings. The van der Waals surface area contributed by atoms with Crippen molar-refractivity contribution in [3.8, 4) is 0 Å². The van der Waals surface area contributed by atoms with Crippen molar-refractivity contribution < 1.29 is 4.79 Å². The monoisotopic (exact) mass is 274 g/mol. The Hall–Kier alpha value is -1.62. The van der Waals surface area contributed by atoms with Gasteiger partial charge in [0.05, 0.1) is 18.3 Å². The van der Waals surface area contributed by atoms with Crippen LogP contribution in [0.25, 0.3) is 0 Å². The van der Waals surface area contributed by atoms with Crippen molar-refractivity contribution in [2.45, 2.75) is 44.2 Å². The molecular formula is C15H22N4O. The number of nitrogens with zero attached hydrogens (tertiary/aromatic N) is 2. The summed E-state index contributed by atoms with van der Waals surface area (Å²) in [6.45, 7) is 2.31. The van der Waals surface area contributed by atoms with E-state index in [2.05, 4.69) is 15.2 Å². The number of rotatable bonds is 3. The van der Waals surface area contributed by atoms with Gasteiger partial charge in [0.25, 0.3) is 0 Å². The molecule has 3 heterocycles. The van der Waals surface area contributed by atoms with E-state index < -0.39 is 0 Å². The number of amides is 1. The molecule has 108 valence electrons. The number of hydrogen-bond acceptors (Lipinski definition) is 4. The van der Waals surface area contributed by atoms with Gasteiger partial charge in [-0.15, -0.1) is 0 Å². The molecule has 2 unspecified atom stereocenters. The summed E-state index contributed by atoms with van der Waals surface area (Å²) in [5.41, 5.74) is 7.00. The van der Waals surface area contributed by atoms with Gasteiger partial charge in [-0.1, -0.05) is 6.42 Å². The van der Waals surface area contributed by atoms with E-state index in [1.54, 1.807) is 12.3 Å². The largest absolute Gasteiger partial charge is 0.397 e. The van der Waals surface area contributed by atoms with Gasteiger partial charge in [-0.3, -0.25) is 14.7 Å². The van der Waals surface area contributed by atoms with Crippen LogP contribution in [0.3, 0.4) is 0 Å². The highest BCUT2D eigenvalue weighted by molar-refractivity contribution is 5.78. The van der Waals surface area contributed by atoms with Crippen LogP contribution in [0.5, 0.6) is 0 Å². The smallest absolute Gasteiger partial charge is 0.226 e. The van der Waals surface area contributed by atoms with Crippen molar-refractivity contribution in [1.29, 1.82) is 0 Å². The summed E-state index contributed by atoms with van der Waals surface area (Å²) in [7, 11) is 0. The number of piperidine rings is 1. The number of aromatic nitrogens is 1. The van der Waals surface area contributed by atoms with Crippen LogP contribution in [0.4, 0.5) is 5.69 Å². The quantitative estimate of drug-likeness (QED) is 0.861. The van der Waals surface area contributed by atoms with Crippen LogP contribution in [0.2, 0.25) is 0 Å². The summed E-state index contributed by atoms with van der Waals surface area (Å²) >= 11 is 0. The van der Waals surface area contributed by atoms with E-state index >= 15 is 0 Å². The molecule has 2 fully saturated rings. The highest BCUT2D eigenvalue weighted by atomic mass is 16.1. The van der Waals surface area contributed by atoms with Gasteiger partial charge in [-0.05, 0) is 37.9 Å². The average Bonchev–Trinajstić information content (AvgIpc) is 2.85. The Morgan fingerprint density at radius 2 is 2.25 bits per heavy atom. The van der Waals surface area contributed by atoms with Gasteiger partial charge in [-0.2, -0.15) is 0 Å². The first-order chi connectivity index (χ1) is 9.72. The third-order valence-corrected chi connectivity index (χ3v) is 4.39. The van der Waals surface area contributed by atoms with E-state index in [-0.39, 0.29) is 5.91 Å². The minimum Gasteiger partial charge on any atom is -0.397 e. The third kappa shape index (κ3) is 2.93. The maximum absolute atomic E-state index is 12.1. The first-order valence-electron chi connectivity index (χ1n) is 7.46. The fourth-order valence-corrected chi connectivity index (χ4v) is 3.38. The standard InChI is InChI=1S/C15H22N4O/c16-11-4-5-12(17-10-11)9-15(20)18-13-6-8-19-7-2-1-3-14(13)19/h4-5,10,13-14H,1-3,6-9,16H2,(H,18,20). The Balaban J connectivity index is 1.55. The van der Waals surface area contributed by atoms with Crippen molar-refractivity contribution in [3.05, 3.63) is 24.0 Å². The molecule has 0 bridgehead atoms. The van der Waals surface area contributed by atoms with Crippen LogP contribution in [-0.4, -0.2) is 41.0 Å². The molecule has 0 spiro atoms. The van der Waals surface area contributed by atoms with E-state index in [0.29, 0.717) is 24.2 Å². The van der Waals surface area contributed by atoms with Gasteiger partial charge in [-0.25, -0.2) is 0 Å². The fourth-order valence-electron chi connectivity index (χ4n) is 3.38. The van der Waals surface area contributed by atoms with Crippen molar-refractivity contribution >= 4 is 11.6 Å². The molecule has 0 aromatic carbocycles. The topological polar surface area (TPSA) is 71.2 Å². The lowest BCUT2D eigenvalue weighted by atomic mass is 9.99. The first kappa shape index (κ1) is 13.4. The molecule has 3 rings (SSSR count). The van der Waals surface area contributed by atoms with Gasteiger partial charge in [0, 0.05) is 24.3 Å². The Morgan fingerprint density at radius 3 is 3.05 bits per heavy atom. The number of nitrogens with two attached hydrogens (primary N) is 1. The second kappa shape index (κ2) is 5.79. The van der Waals surface area contributed by atoms with Gasteiger partial charge < -0.3 is 11.1 Å². The number of pyridine rings is 1. The number of fused-ring (bicyclic) bond motifs is 1. The highest BCUT2D eigenvalue weighted by Crippen LogP contribution is 2.27. The number of nitrogens with one attached hydrogen (secondary N) is 1. The number of nitrogen functional groups attached to an aromatic ring is 1. The molecule has 5 heteroatoms. The van der Waals surface area contributed by atoms with Crippen LogP contribution >= 0.6 is 0 Å². The van der Waals surface area contributed by atoms with E-state index in [1.165, 1.54) is 25.8 Å². The number of carbonyl (C=O) groups is 1. The minimum atomic E-state index is 0.0692. The van der Waals surface area contributed by atoms with Crippen molar-refractivity contribution in [3.63, 3.8) is 0 Å². The van der Waals surface area contributed by atoms with Gasteiger partial charge >= 0.3 is 0 Å². The van der Waals surface area contributed by atoms with E-state index in [1.807, 2.05) is 6.07 Å². The molecule has 2 atom stereocenters. The zero-order valence-electron chi connectivity index (χ0n) is 11.7. The van der Waals surface area contributed by atoms with Crippen molar-refractivity contribution in [1.82, 2.24) is 15.2 Å². The molecule has 2 aliphatic heterocycles. The SMILES string of the molecule is Nc1ccc(CC(=O)NC2CCN3CCCCC23)nc1. The minimum absolute atomic E-state index is 0.0692. The van der Waals surface area contributed by atoms with Crippen molar-refractivity contribution in [2.24, 2.45) is 0 Å². The predicted molar refractivity (Wildman–Crippen MR) is 78.1 cm³/mol. The summed E-state index contributed by atoms with van der Waals surface area (Å²) in [6.07, 6.45) is 6.81. The zero-order valence-corrected chi connectivity index (χ0v) is 11.7. The van der Waals surface area contributed by atoms with Crippen molar-refractivity contribution in [2.75, 3.05) is 18.8 Å². The molecule has 3 N–H and O–H groups in total. The highest BCUT2D eigenvalue weighted by Gasteiger charge is 2.36. The van der Waals surface area contributed by atoms with E-state index in [9.17, 15) is 4.79 Å². The molecule has 0 saturated carbocycles. The lowest BCUT2D eigenvalue weighted by Gasteiger charge is -2.32. The Bertz CT molecular complexity index is 473. The molecule has 1 aromatic heterocycles. The lowest BCUT2D eigenvalue weighted by molar-refractivity contribution is -0.121. The first-order valence-corrected chi connectivity index (χ1v) is 7.46.